The lowest BCUT2D eigenvalue weighted by atomic mass is 10.1. The lowest BCUT2D eigenvalue weighted by Crippen LogP contribution is -1.98. The van der Waals surface area contributed by atoms with Crippen LogP contribution in [-0.4, -0.2) is 5.90 Å². The Labute approximate surface area is 71.2 Å². The van der Waals surface area contributed by atoms with Gasteiger partial charge in [-0.15, -0.1) is 0 Å². The minimum Gasteiger partial charge on any atom is -0.451 e. The molecule has 0 atom stereocenters. The molecule has 0 saturated carbocycles. The number of hydrogen-bond acceptors (Lipinski definition) is 2. The highest BCUT2D eigenvalue weighted by Gasteiger charge is 2.13. The van der Waals surface area contributed by atoms with E-state index in [1.807, 2.05) is 18.2 Å². The highest BCUT2D eigenvalue weighted by Crippen LogP contribution is 2.25. The van der Waals surface area contributed by atoms with Gasteiger partial charge in [0.15, 0.2) is 5.90 Å². The Morgan fingerprint density at radius 3 is 3.00 bits per heavy atom. The number of hydrogen-bond donors (Lipinski definition) is 0. The third kappa shape index (κ3) is 1.11. The lowest BCUT2D eigenvalue weighted by molar-refractivity contribution is 0.466. The van der Waals surface area contributed by atoms with E-state index in [1.165, 1.54) is 11.8 Å². The van der Waals surface area contributed by atoms with Gasteiger partial charge in [0, 0.05) is 0 Å². The smallest absolute Gasteiger partial charge is 0.198 e. The first kappa shape index (κ1) is 7.10. The van der Waals surface area contributed by atoms with Crippen LogP contribution in [0.3, 0.4) is 0 Å². The number of ether oxygens (including phenoxy) is 1. The van der Waals surface area contributed by atoms with E-state index in [0.717, 1.165) is 18.0 Å². The molecule has 2 nitrogen and oxygen atoms in total. The second-order valence-corrected chi connectivity index (χ2v) is 2.60. The van der Waals surface area contributed by atoms with Crippen LogP contribution in [0.5, 0.6) is 0 Å². The van der Waals surface area contributed by atoms with Crippen molar-refractivity contribution in [2.75, 3.05) is 0 Å². The average molecular weight is 159 g/mol. The van der Waals surface area contributed by atoms with Crippen molar-refractivity contribution in [1.82, 2.24) is 0 Å². The van der Waals surface area contributed by atoms with E-state index < -0.39 is 0 Å². The molecule has 60 valence electrons. The molecule has 1 aromatic rings. The van der Waals surface area contributed by atoms with Crippen molar-refractivity contribution in [1.29, 1.82) is 0 Å². The van der Waals surface area contributed by atoms with E-state index in [2.05, 4.69) is 17.6 Å². The number of benzene rings is 1. The SMILES string of the molecule is C=COC1=Nc2ccccc2C1. The summed E-state index contributed by atoms with van der Waals surface area (Å²) in [5.74, 6) is 0.728. The summed E-state index contributed by atoms with van der Waals surface area (Å²) in [6, 6.07) is 8.01. The summed E-state index contributed by atoms with van der Waals surface area (Å²) >= 11 is 0. The molecule has 1 heterocycles. The van der Waals surface area contributed by atoms with Gasteiger partial charge in [-0.05, 0) is 11.6 Å². The maximum Gasteiger partial charge on any atom is 0.198 e. The van der Waals surface area contributed by atoms with Gasteiger partial charge in [0.05, 0.1) is 18.4 Å². The molecule has 0 aromatic heterocycles. The summed E-state index contributed by atoms with van der Waals surface area (Å²) < 4.78 is 5.10. The van der Waals surface area contributed by atoms with Crippen molar-refractivity contribution in [3.05, 3.63) is 42.7 Å². The molecule has 1 aliphatic rings. The molecule has 2 rings (SSSR count). The van der Waals surface area contributed by atoms with Crippen molar-refractivity contribution in [2.24, 2.45) is 4.99 Å². The first-order chi connectivity index (χ1) is 5.90. The fraction of sp³-hybridized carbons (Fsp3) is 0.100. The van der Waals surface area contributed by atoms with E-state index >= 15 is 0 Å². The molecule has 0 N–H and O–H groups in total. The van der Waals surface area contributed by atoms with Crippen LogP contribution in [0, 0.1) is 0 Å². The van der Waals surface area contributed by atoms with Crippen LogP contribution in [0.25, 0.3) is 0 Å². The normalized spacial score (nSPS) is 13.5. The summed E-state index contributed by atoms with van der Waals surface area (Å²) in [7, 11) is 0. The molecule has 0 aliphatic carbocycles. The minimum atomic E-state index is 0.728. The van der Waals surface area contributed by atoms with Crippen molar-refractivity contribution in [2.45, 2.75) is 6.42 Å². The zero-order valence-electron chi connectivity index (χ0n) is 6.66. The topological polar surface area (TPSA) is 21.6 Å². The van der Waals surface area contributed by atoms with Crippen LogP contribution in [0.2, 0.25) is 0 Å². The predicted molar refractivity (Wildman–Crippen MR) is 48.5 cm³/mol. The van der Waals surface area contributed by atoms with Gasteiger partial charge in [-0.1, -0.05) is 24.8 Å². The molecule has 12 heavy (non-hydrogen) atoms. The number of para-hydroxylation sites is 1. The predicted octanol–water partition coefficient (Wildman–Crippen LogP) is 2.43. The van der Waals surface area contributed by atoms with Crippen molar-refractivity contribution in [3.63, 3.8) is 0 Å². The lowest BCUT2D eigenvalue weighted by Gasteiger charge is -1.94. The molecule has 0 saturated heterocycles. The Bertz CT molecular complexity index is 341. The van der Waals surface area contributed by atoms with Crippen LogP contribution in [-0.2, 0) is 11.2 Å². The minimum absolute atomic E-state index is 0.728. The second-order valence-electron chi connectivity index (χ2n) is 2.60. The van der Waals surface area contributed by atoms with Crippen LogP contribution >= 0.6 is 0 Å². The van der Waals surface area contributed by atoms with E-state index in [-0.39, 0.29) is 0 Å². The van der Waals surface area contributed by atoms with Crippen molar-refractivity contribution < 1.29 is 4.74 Å². The molecule has 1 aliphatic heterocycles. The maximum absolute atomic E-state index is 5.10. The van der Waals surface area contributed by atoms with Gasteiger partial charge < -0.3 is 4.74 Å². The van der Waals surface area contributed by atoms with Gasteiger partial charge in [-0.3, -0.25) is 0 Å². The summed E-state index contributed by atoms with van der Waals surface area (Å²) in [5.41, 5.74) is 2.23. The molecular weight excluding hydrogens is 150 g/mol. The molecule has 2 heteroatoms. The number of rotatable bonds is 1. The highest BCUT2D eigenvalue weighted by molar-refractivity contribution is 5.88. The zero-order chi connectivity index (χ0) is 8.39. The largest absolute Gasteiger partial charge is 0.451 e. The Hall–Kier alpha value is -1.57. The third-order valence-electron chi connectivity index (χ3n) is 1.80. The monoisotopic (exact) mass is 159 g/mol. The third-order valence-corrected chi connectivity index (χ3v) is 1.80. The summed E-state index contributed by atoms with van der Waals surface area (Å²) in [4.78, 5) is 4.26. The molecule has 0 unspecified atom stereocenters. The Morgan fingerprint density at radius 2 is 2.25 bits per heavy atom. The van der Waals surface area contributed by atoms with Crippen LogP contribution in [0.1, 0.15) is 5.56 Å². The molecule has 1 aromatic carbocycles. The fourth-order valence-electron chi connectivity index (χ4n) is 1.27. The van der Waals surface area contributed by atoms with Crippen molar-refractivity contribution in [3.8, 4) is 0 Å². The van der Waals surface area contributed by atoms with E-state index in [0.29, 0.717) is 0 Å². The van der Waals surface area contributed by atoms with Crippen LogP contribution in [0.15, 0.2) is 42.1 Å². The van der Waals surface area contributed by atoms with Gasteiger partial charge in [-0.25, -0.2) is 4.99 Å². The fourth-order valence-corrected chi connectivity index (χ4v) is 1.27. The van der Waals surface area contributed by atoms with E-state index in [9.17, 15) is 0 Å². The Kier molecular flexibility index (Phi) is 1.67. The van der Waals surface area contributed by atoms with Crippen LogP contribution in [0.4, 0.5) is 5.69 Å². The molecule has 0 amide bonds. The van der Waals surface area contributed by atoms with Gasteiger partial charge >= 0.3 is 0 Å². The molecule has 0 bridgehead atoms. The maximum atomic E-state index is 5.10. The quantitative estimate of drug-likeness (QED) is 0.577. The first-order valence-corrected chi connectivity index (χ1v) is 3.83. The first-order valence-electron chi connectivity index (χ1n) is 3.83. The van der Waals surface area contributed by atoms with Crippen molar-refractivity contribution >= 4 is 11.6 Å². The van der Waals surface area contributed by atoms with Gasteiger partial charge in [0.25, 0.3) is 0 Å². The average Bonchev–Trinajstić information content (AvgIpc) is 2.47. The number of nitrogens with zero attached hydrogens (tertiary/aromatic N) is 1. The summed E-state index contributed by atoms with van der Waals surface area (Å²) in [6.07, 6.45) is 2.19. The summed E-state index contributed by atoms with van der Waals surface area (Å²) in [6.45, 7) is 3.48. The molecule has 0 radical (unpaired) electrons. The second kappa shape index (κ2) is 2.81. The van der Waals surface area contributed by atoms with E-state index in [4.69, 9.17) is 4.74 Å². The molecular formula is C10H9NO. The summed E-state index contributed by atoms with van der Waals surface area (Å²) in [5, 5.41) is 0. The van der Waals surface area contributed by atoms with Gasteiger partial charge in [0.2, 0.25) is 0 Å². The Balaban J connectivity index is 2.28. The Morgan fingerprint density at radius 1 is 1.42 bits per heavy atom. The number of aliphatic imine (C=N–C) groups is 1. The number of fused-ring (bicyclic) bond motifs is 1. The molecule has 0 fully saturated rings. The van der Waals surface area contributed by atoms with Gasteiger partial charge in [-0.2, -0.15) is 0 Å². The van der Waals surface area contributed by atoms with Gasteiger partial charge in [0.1, 0.15) is 0 Å². The van der Waals surface area contributed by atoms with E-state index in [1.54, 1.807) is 0 Å². The van der Waals surface area contributed by atoms with Crippen LogP contribution < -0.4 is 0 Å². The molecule has 0 spiro atoms. The zero-order valence-corrected chi connectivity index (χ0v) is 6.66. The highest BCUT2D eigenvalue weighted by atomic mass is 16.5. The standard InChI is InChI=1S/C10H9NO/c1-2-12-10-7-8-5-3-4-6-9(8)11-10/h2-6H,1,7H2.